The molecule has 0 aliphatic carbocycles. The second-order valence-electron chi connectivity index (χ2n) is 6.34. The van der Waals surface area contributed by atoms with Crippen molar-refractivity contribution < 1.29 is 0 Å². The summed E-state index contributed by atoms with van der Waals surface area (Å²) in [6, 6.07) is 19.7. The number of piperidine rings is 1. The number of hydrogen-bond donors (Lipinski definition) is 0. The average molecular weight is 277 g/mol. The Kier molecular flexibility index (Phi) is 3.00. The van der Waals surface area contributed by atoms with Gasteiger partial charge in [-0.15, -0.1) is 0 Å². The SMILES string of the molecule is [CH2]N1CCC2(CC1)CN(c1ccccc1)c1ccccc12. The van der Waals surface area contributed by atoms with Crippen LogP contribution in [-0.2, 0) is 5.41 Å². The van der Waals surface area contributed by atoms with Gasteiger partial charge >= 0.3 is 0 Å². The Bertz CT molecular complexity index is 627. The highest BCUT2D eigenvalue weighted by atomic mass is 15.2. The van der Waals surface area contributed by atoms with Crippen molar-refractivity contribution in [2.75, 3.05) is 24.5 Å². The van der Waals surface area contributed by atoms with Crippen LogP contribution >= 0.6 is 0 Å². The van der Waals surface area contributed by atoms with Gasteiger partial charge < -0.3 is 9.80 Å². The number of fused-ring (bicyclic) bond motifs is 2. The van der Waals surface area contributed by atoms with Crippen LogP contribution in [0.2, 0.25) is 0 Å². The maximum atomic E-state index is 4.10. The van der Waals surface area contributed by atoms with E-state index in [1.807, 2.05) is 0 Å². The molecule has 0 saturated carbocycles. The van der Waals surface area contributed by atoms with E-state index in [1.54, 1.807) is 0 Å². The topological polar surface area (TPSA) is 6.48 Å². The molecule has 2 nitrogen and oxygen atoms in total. The molecule has 1 saturated heterocycles. The molecule has 0 unspecified atom stereocenters. The number of nitrogens with zero attached hydrogens (tertiary/aromatic N) is 2. The molecule has 0 N–H and O–H groups in total. The Morgan fingerprint density at radius 2 is 1.52 bits per heavy atom. The third kappa shape index (κ3) is 2.06. The lowest BCUT2D eigenvalue weighted by Gasteiger charge is -2.38. The van der Waals surface area contributed by atoms with Crippen LogP contribution in [0.1, 0.15) is 18.4 Å². The smallest absolute Gasteiger partial charge is 0.0449 e. The van der Waals surface area contributed by atoms with E-state index in [1.165, 1.54) is 29.8 Å². The summed E-state index contributed by atoms with van der Waals surface area (Å²) in [4.78, 5) is 4.70. The normalized spacial score (nSPS) is 20.7. The van der Waals surface area contributed by atoms with E-state index in [4.69, 9.17) is 0 Å². The number of likely N-dealkylation sites (tertiary alicyclic amines) is 1. The van der Waals surface area contributed by atoms with Crippen molar-refractivity contribution in [2.24, 2.45) is 0 Å². The molecule has 2 heterocycles. The predicted molar refractivity (Wildman–Crippen MR) is 87.7 cm³/mol. The third-order valence-corrected chi connectivity index (χ3v) is 5.11. The standard InChI is InChI=1S/C19H21N2/c1-20-13-11-19(12-14-20)15-21(16-7-3-2-4-8-16)18-10-6-5-9-17(18)19/h2-10H,1,11-15H2. The van der Waals surface area contributed by atoms with Crippen LogP contribution in [-0.4, -0.2) is 24.5 Å². The lowest BCUT2D eigenvalue weighted by molar-refractivity contribution is 0.215. The van der Waals surface area contributed by atoms with Crippen LogP contribution in [0.25, 0.3) is 0 Å². The lowest BCUT2D eigenvalue weighted by atomic mass is 9.74. The first-order valence-electron chi connectivity index (χ1n) is 7.76. The van der Waals surface area contributed by atoms with Gasteiger partial charge in [-0.2, -0.15) is 0 Å². The van der Waals surface area contributed by atoms with Crippen LogP contribution in [0.4, 0.5) is 11.4 Å². The number of rotatable bonds is 1. The van der Waals surface area contributed by atoms with E-state index < -0.39 is 0 Å². The molecule has 0 bridgehead atoms. The Morgan fingerprint density at radius 3 is 2.29 bits per heavy atom. The van der Waals surface area contributed by atoms with E-state index in [0.717, 1.165) is 19.6 Å². The Balaban J connectivity index is 1.77. The van der Waals surface area contributed by atoms with Gasteiger partial charge in [-0.05, 0) is 49.7 Å². The first-order chi connectivity index (χ1) is 10.3. The zero-order chi connectivity index (χ0) is 14.3. The molecule has 0 atom stereocenters. The largest absolute Gasteiger partial charge is 0.340 e. The molecule has 2 aliphatic rings. The van der Waals surface area contributed by atoms with Gasteiger partial charge in [-0.25, -0.2) is 0 Å². The summed E-state index contributed by atoms with van der Waals surface area (Å²) in [5.41, 5.74) is 4.53. The third-order valence-electron chi connectivity index (χ3n) is 5.11. The summed E-state index contributed by atoms with van der Waals surface area (Å²) < 4.78 is 0. The molecule has 1 spiro atoms. The van der Waals surface area contributed by atoms with E-state index in [-0.39, 0.29) is 0 Å². The highest BCUT2D eigenvalue weighted by molar-refractivity contribution is 5.72. The van der Waals surface area contributed by atoms with Gasteiger partial charge in [-0.1, -0.05) is 36.4 Å². The number of hydrogen-bond acceptors (Lipinski definition) is 2. The van der Waals surface area contributed by atoms with Crippen molar-refractivity contribution >= 4 is 11.4 Å². The maximum absolute atomic E-state index is 4.10. The minimum absolute atomic E-state index is 0.306. The van der Waals surface area contributed by atoms with Crippen molar-refractivity contribution in [1.82, 2.24) is 4.90 Å². The van der Waals surface area contributed by atoms with Crippen molar-refractivity contribution in [1.29, 1.82) is 0 Å². The van der Waals surface area contributed by atoms with Crippen molar-refractivity contribution in [3.63, 3.8) is 0 Å². The summed E-state index contributed by atoms with van der Waals surface area (Å²) in [6.45, 7) is 3.29. The van der Waals surface area contributed by atoms with Crippen LogP contribution in [0.3, 0.4) is 0 Å². The van der Waals surface area contributed by atoms with Gasteiger partial charge in [0.1, 0.15) is 0 Å². The monoisotopic (exact) mass is 277 g/mol. The molecule has 2 aromatic rings. The first kappa shape index (κ1) is 12.9. The van der Waals surface area contributed by atoms with E-state index in [0.29, 0.717) is 5.41 Å². The Hall–Kier alpha value is -1.80. The average Bonchev–Trinajstić information content (AvgIpc) is 2.87. The molecule has 1 radical (unpaired) electrons. The highest BCUT2D eigenvalue weighted by Gasteiger charge is 2.44. The van der Waals surface area contributed by atoms with E-state index in [2.05, 4.69) is 71.4 Å². The quantitative estimate of drug-likeness (QED) is 0.778. The molecule has 2 aromatic carbocycles. The minimum atomic E-state index is 0.306. The molecule has 107 valence electrons. The van der Waals surface area contributed by atoms with Crippen LogP contribution < -0.4 is 4.90 Å². The van der Waals surface area contributed by atoms with E-state index in [9.17, 15) is 0 Å². The van der Waals surface area contributed by atoms with Crippen molar-refractivity contribution in [3.8, 4) is 0 Å². The summed E-state index contributed by atoms with van der Waals surface area (Å²) in [5.74, 6) is 0. The number of anilines is 2. The lowest BCUT2D eigenvalue weighted by Crippen LogP contribution is -2.42. The summed E-state index contributed by atoms with van der Waals surface area (Å²) >= 11 is 0. The van der Waals surface area contributed by atoms with Gasteiger partial charge in [0.2, 0.25) is 0 Å². The fraction of sp³-hybridized carbons (Fsp3) is 0.316. The summed E-state index contributed by atoms with van der Waals surface area (Å²) in [6.07, 6.45) is 2.41. The molecule has 1 fully saturated rings. The molecule has 0 aromatic heterocycles. The second kappa shape index (κ2) is 4.88. The summed E-state index contributed by atoms with van der Waals surface area (Å²) in [7, 11) is 4.10. The van der Waals surface area contributed by atoms with Gasteiger partial charge in [0, 0.05) is 30.4 Å². The van der Waals surface area contributed by atoms with E-state index >= 15 is 0 Å². The molecule has 2 heteroatoms. The van der Waals surface area contributed by atoms with Crippen LogP contribution in [0.5, 0.6) is 0 Å². The fourth-order valence-corrected chi connectivity index (χ4v) is 3.88. The van der Waals surface area contributed by atoms with Crippen molar-refractivity contribution in [3.05, 3.63) is 67.2 Å². The Labute approximate surface area is 127 Å². The zero-order valence-corrected chi connectivity index (χ0v) is 12.3. The minimum Gasteiger partial charge on any atom is -0.340 e. The van der Waals surface area contributed by atoms with Crippen LogP contribution in [0, 0.1) is 7.05 Å². The molecular weight excluding hydrogens is 256 g/mol. The molecular formula is C19H21N2. The molecule has 4 rings (SSSR count). The van der Waals surface area contributed by atoms with Crippen LogP contribution in [0.15, 0.2) is 54.6 Å². The zero-order valence-electron chi connectivity index (χ0n) is 12.3. The number of benzene rings is 2. The van der Waals surface area contributed by atoms with Crippen molar-refractivity contribution in [2.45, 2.75) is 18.3 Å². The Morgan fingerprint density at radius 1 is 0.857 bits per heavy atom. The first-order valence-corrected chi connectivity index (χ1v) is 7.76. The fourth-order valence-electron chi connectivity index (χ4n) is 3.88. The molecule has 0 amide bonds. The van der Waals surface area contributed by atoms with Gasteiger partial charge in [0.05, 0.1) is 0 Å². The number of para-hydroxylation sites is 2. The summed E-state index contributed by atoms with van der Waals surface area (Å²) in [5, 5.41) is 0. The maximum Gasteiger partial charge on any atom is 0.0449 e. The second-order valence-corrected chi connectivity index (χ2v) is 6.34. The van der Waals surface area contributed by atoms with Gasteiger partial charge in [0.25, 0.3) is 0 Å². The molecule has 2 aliphatic heterocycles. The highest BCUT2D eigenvalue weighted by Crippen LogP contribution is 2.49. The van der Waals surface area contributed by atoms with Gasteiger partial charge in [0.15, 0.2) is 0 Å². The molecule has 21 heavy (non-hydrogen) atoms. The van der Waals surface area contributed by atoms with Gasteiger partial charge in [-0.3, -0.25) is 0 Å². The predicted octanol–water partition coefficient (Wildman–Crippen LogP) is 3.96.